The Hall–Kier alpha value is -3.39. The number of rotatable bonds is 7. The summed E-state index contributed by atoms with van der Waals surface area (Å²) in [4.78, 5) is 13.1. The van der Waals surface area contributed by atoms with Crippen molar-refractivity contribution in [3.05, 3.63) is 46.1 Å². The quantitative estimate of drug-likeness (QED) is 0.208. The van der Waals surface area contributed by atoms with Crippen LogP contribution in [-0.4, -0.2) is 83.8 Å². The zero-order valence-electron chi connectivity index (χ0n) is 20.6. The molecule has 4 rings (SSSR count). The Morgan fingerprint density at radius 2 is 1.66 bits per heavy atom. The van der Waals surface area contributed by atoms with Crippen LogP contribution in [0.1, 0.15) is 25.8 Å². The van der Waals surface area contributed by atoms with E-state index in [4.69, 9.17) is 13.9 Å². The second-order valence-electron chi connectivity index (χ2n) is 9.86. The molecule has 206 valence electrons. The summed E-state index contributed by atoms with van der Waals surface area (Å²) < 4.78 is 17.1. The van der Waals surface area contributed by atoms with Crippen LogP contribution in [0.25, 0.3) is 22.3 Å². The molecule has 5 atom stereocenters. The molecule has 0 aliphatic carbocycles. The van der Waals surface area contributed by atoms with Crippen LogP contribution in [0.3, 0.4) is 0 Å². The van der Waals surface area contributed by atoms with Gasteiger partial charge in [-0.05, 0) is 51.0 Å². The molecule has 12 nitrogen and oxygen atoms in total. The zero-order valence-corrected chi connectivity index (χ0v) is 20.6. The van der Waals surface area contributed by atoms with E-state index in [1.165, 1.54) is 24.3 Å². The van der Waals surface area contributed by atoms with Crippen molar-refractivity contribution in [1.29, 1.82) is 0 Å². The second kappa shape index (κ2) is 10.4. The minimum atomic E-state index is -1.76. The summed E-state index contributed by atoms with van der Waals surface area (Å²) in [5.41, 5.74) is -1.90. The monoisotopic (exact) mass is 534 g/mol. The average molecular weight is 535 g/mol. The molecule has 1 aliphatic rings. The Balaban J connectivity index is 1.90. The van der Waals surface area contributed by atoms with Crippen LogP contribution in [-0.2, 0) is 11.2 Å². The topological polar surface area (TPSA) is 211 Å². The molecule has 1 fully saturated rings. The van der Waals surface area contributed by atoms with E-state index >= 15 is 0 Å². The lowest BCUT2D eigenvalue weighted by atomic mass is 9.96. The molecule has 0 radical (unpaired) electrons. The Morgan fingerprint density at radius 3 is 2.26 bits per heavy atom. The molecule has 1 aliphatic heterocycles. The van der Waals surface area contributed by atoms with Gasteiger partial charge in [-0.15, -0.1) is 0 Å². The minimum absolute atomic E-state index is 0.0236. The average Bonchev–Trinajstić information content (AvgIpc) is 2.85. The smallest absolute Gasteiger partial charge is 0.238 e. The first kappa shape index (κ1) is 27.6. The van der Waals surface area contributed by atoms with Crippen LogP contribution in [0.2, 0.25) is 0 Å². The molecule has 2 aromatic carbocycles. The summed E-state index contributed by atoms with van der Waals surface area (Å²) in [5, 5.41) is 81.0. The van der Waals surface area contributed by atoms with Crippen molar-refractivity contribution in [2.45, 2.75) is 63.0 Å². The van der Waals surface area contributed by atoms with Gasteiger partial charge in [0.05, 0.1) is 12.2 Å². The number of hydrogen-bond acceptors (Lipinski definition) is 12. The lowest BCUT2D eigenvalue weighted by Crippen LogP contribution is -2.60. The molecule has 0 spiro atoms. The predicted molar refractivity (Wildman–Crippen MR) is 132 cm³/mol. The predicted octanol–water partition coefficient (Wildman–Crippen LogP) is 0.459. The lowest BCUT2D eigenvalue weighted by Gasteiger charge is -2.39. The maximum Gasteiger partial charge on any atom is 0.238 e. The van der Waals surface area contributed by atoms with Crippen LogP contribution in [0, 0.1) is 0 Å². The summed E-state index contributed by atoms with van der Waals surface area (Å²) in [6, 6.07) is 6.50. The Morgan fingerprint density at radius 1 is 1.00 bits per heavy atom. The number of phenolic OH excluding ortho intramolecular Hbond substituents is 2. The minimum Gasteiger partial charge on any atom is -0.508 e. The van der Waals surface area contributed by atoms with Gasteiger partial charge in [0.15, 0.2) is 5.76 Å². The highest BCUT2D eigenvalue weighted by atomic mass is 16.7. The van der Waals surface area contributed by atoms with E-state index < -0.39 is 59.8 Å². The number of hydrogen-bond donors (Lipinski definition) is 8. The molecule has 1 saturated heterocycles. The van der Waals surface area contributed by atoms with E-state index in [2.05, 4.69) is 0 Å². The van der Waals surface area contributed by atoms with E-state index in [1.807, 2.05) is 0 Å². The van der Waals surface area contributed by atoms with Gasteiger partial charge >= 0.3 is 0 Å². The van der Waals surface area contributed by atoms with Crippen molar-refractivity contribution in [3.63, 3.8) is 0 Å². The Bertz CT molecular complexity index is 1360. The van der Waals surface area contributed by atoms with Crippen LogP contribution < -0.4 is 10.2 Å². The standard InChI is InChI=1S/C26H30O12/c1-26(2,35)8-7-13-15(36-25-22(34)20(32)18(30)16(10-27)37-25)9-14(29)17-19(31)21(33)23(38-24(13)17)11-3-5-12(28)6-4-11/h3-6,9,16,18,20,22,25,27-30,32-35H,7-8,10H2,1-2H3/t16-,18-,20-,22-,25-/m0/s1. The Kier molecular flexibility index (Phi) is 7.57. The second-order valence-corrected chi connectivity index (χ2v) is 9.86. The van der Waals surface area contributed by atoms with Crippen molar-refractivity contribution in [1.82, 2.24) is 0 Å². The van der Waals surface area contributed by atoms with Crippen LogP contribution in [0.5, 0.6) is 23.0 Å². The van der Waals surface area contributed by atoms with Gasteiger partial charge in [-0.2, -0.15) is 0 Å². The number of ether oxygens (including phenoxy) is 2. The largest absolute Gasteiger partial charge is 0.508 e. The normalized spacial score (nSPS) is 24.0. The highest BCUT2D eigenvalue weighted by Gasteiger charge is 2.45. The molecule has 38 heavy (non-hydrogen) atoms. The van der Waals surface area contributed by atoms with E-state index in [1.54, 1.807) is 13.8 Å². The molecular weight excluding hydrogens is 504 g/mol. The van der Waals surface area contributed by atoms with E-state index in [0.29, 0.717) is 0 Å². The number of aliphatic hydroxyl groups is 5. The van der Waals surface area contributed by atoms with E-state index in [0.717, 1.165) is 6.07 Å². The zero-order chi connectivity index (χ0) is 27.9. The van der Waals surface area contributed by atoms with E-state index in [-0.39, 0.29) is 52.2 Å². The third kappa shape index (κ3) is 5.27. The van der Waals surface area contributed by atoms with Crippen molar-refractivity contribution in [3.8, 4) is 34.3 Å². The van der Waals surface area contributed by atoms with Gasteiger partial charge in [-0.25, -0.2) is 0 Å². The van der Waals surface area contributed by atoms with E-state index in [9.17, 15) is 45.6 Å². The maximum atomic E-state index is 13.1. The van der Waals surface area contributed by atoms with Crippen molar-refractivity contribution < 1.29 is 54.7 Å². The fourth-order valence-electron chi connectivity index (χ4n) is 4.24. The molecule has 0 saturated carbocycles. The summed E-state index contributed by atoms with van der Waals surface area (Å²) in [5.74, 6) is -1.87. The molecule has 3 aromatic rings. The van der Waals surface area contributed by atoms with Gasteiger partial charge < -0.3 is 54.7 Å². The molecule has 0 amide bonds. The fraction of sp³-hybridized carbons (Fsp3) is 0.423. The van der Waals surface area contributed by atoms with Crippen molar-refractivity contribution >= 4 is 11.0 Å². The molecule has 8 N–H and O–H groups in total. The van der Waals surface area contributed by atoms with Gasteiger partial charge in [-0.1, -0.05) is 0 Å². The van der Waals surface area contributed by atoms with Crippen molar-refractivity contribution in [2.24, 2.45) is 0 Å². The highest BCUT2D eigenvalue weighted by molar-refractivity contribution is 5.91. The summed E-state index contributed by atoms with van der Waals surface area (Å²) in [6.07, 6.45) is -7.83. The number of fused-ring (bicyclic) bond motifs is 1. The first-order chi connectivity index (χ1) is 17.8. The molecule has 0 bridgehead atoms. The molecule has 0 unspecified atom stereocenters. The highest BCUT2D eigenvalue weighted by Crippen LogP contribution is 2.41. The summed E-state index contributed by atoms with van der Waals surface area (Å²) in [6.45, 7) is 2.42. The number of aryl methyl sites for hydroxylation is 1. The maximum absolute atomic E-state index is 13.1. The first-order valence-corrected chi connectivity index (χ1v) is 11.9. The third-order valence-corrected chi connectivity index (χ3v) is 6.39. The van der Waals surface area contributed by atoms with Gasteiger partial charge in [0.1, 0.15) is 52.6 Å². The lowest BCUT2D eigenvalue weighted by molar-refractivity contribution is -0.277. The SMILES string of the molecule is CC(C)(O)CCc1c(O[C@H]2O[C@@H](CO)[C@H](O)[C@H](O)[C@@H]2O)cc(O)c2c(=O)c(O)c(-c3ccc(O)cc3)oc12. The van der Waals surface area contributed by atoms with Crippen LogP contribution >= 0.6 is 0 Å². The van der Waals surface area contributed by atoms with Crippen LogP contribution in [0.15, 0.2) is 39.5 Å². The van der Waals surface area contributed by atoms with Gasteiger partial charge in [0.2, 0.25) is 17.5 Å². The third-order valence-electron chi connectivity index (χ3n) is 6.39. The molecule has 1 aromatic heterocycles. The Labute approximate surface area is 216 Å². The number of phenols is 2. The van der Waals surface area contributed by atoms with Crippen molar-refractivity contribution in [2.75, 3.05) is 6.61 Å². The summed E-state index contributed by atoms with van der Waals surface area (Å²) in [7, 11) is 0. The van der Waals surface area contributed by atoms with Gasteiger partial charge in [0.25, 0.3) is 0 Å². The van der Waals surface area contributed by atoms with Crippen LogP contribution in [0.4, 0.5) is 0 Å². The summed E-state index contributed by atoms with van der Waals surface area (Å²) >= 11 is 0. The van der Waals surface area contributed by atoms with Gasteiger partial charge in [-0.3, -0.25) is 4.79 Å². The molecule has 12 heteroatoms. The number of aliphatic hydroxyl groups excluding tert-OH is 4. The number of aromatic hydroxyl groups is 3. The fourth-order valence-corrected chi connectivity index (χ4v) is 4.24. The molecule has 2 heterocycles. The first-order valence-electron chi connectivity index (χ1n) is 11.9. The molecular formula is C26H30O12. The number of benzene rings is 2. The van der Waals surface area contributed by atoms with Gasteiger partial charge in [0, 0.05) is 17.2 Å².